The fourth-order valence-electron chi connectivity index (χ4n) is 1.88. The molecule has 0 saturated carbocycles. The van der Waals surface area contributed by atoms with Gasteiger partial charge in [-0.1, -0.05) is 23.7 Å². The highest BCUT2D eigenvalue weighted by Gasteiger charge is 2.04. The fourth-order valence-corrected chi connectivity index (χ4v) is 2.00. The number of ether oxygens (including phenoxy) is 1. The van der Waals surface area contributed by atoms with Crippen molar-refractivity contribution < 1.29 is 13.9 Å². The van der Waals surface area contributed by atoms with Crippen LogP contribution in [-0.2, 0) is 0 Å². The Morgan fingerprint density at radius 2 is 1.83 bits per heavy atom. The van der Waals surface area contributed by atoms with Crippen LogP contribution in [0.4, 0.5) is 14.9 Å². The van der Waals surface area contributed by atoms with Gasteiger partial charge in [0.25, 0.3) is 0 Å². The molecule has 2 rings (SSSR count). The molecular formula is C17H18ClFN2O2. The lowest BCUT2D eigenvalue weighted by Crippen LogP contribution is -2.30. The Morgan fingerprint density at radius 1 is 1.09 bits per heavy atom. The number of nitrogens with one attached hydrogen (secondary N) is 2. The summed E-state index contributed by atoms with van der Waals surface area (Å²) in [5, 5.41) is 5.81. The molecule has 0 bridgehead atoms. The summed E-state index contributed by atoms with van der Waals surface area (Å²) < 4.78 is 18.9. The smallest absolute Gasteiger partial charge is 0.319 e. The van der Waals surface area contributed by atoms with Gasteiger partial charge in [0.05, 0.1) is 12.3 Å². The van der Waals surface area contributed by atoms with E-state index in [0.29, 0.717) is 18.2 Å². The minimum atomic E-state index is -0.459. The third-order valence-electron chi connectivity index (χ3n) is 3.06. The molecule has 0 aromatic heterocycles. The third-order valence-corrected chi connectivity index (χ3v) is 3.31. The molecule has 4 nitrogen and oxygen atoms in total. The average Bonchev–Trinajstić information content (AvgIpc) is 2.54. The van der Waals surface area contributed by atoms with E-state index in [2.05, 4.69) is 10.6 Å². The van der Waals surface area contributed by atoms with Gasteiger partial charge >= 0.3 is 6.03 Å². The molecule has 0 unspecified atom stereocenters. The second kappa shape index (κ2) is 9.00. The van der Waals surface area contributed by atoms with Gasteiger partial charge in [-0.15, -0.1) is 0 Å². The highest BCUT2D eigenvalue weighted by Crippen LogP contribution is 2.15. The van der Waals surface area contributed by atoms with Crippen LogP contribution >= 0.6 is 11.6 Å². The summed E-state index contributed by atoms with van der Waals surface area (Å²) in [4.78, 5) is 11.6. The number of anilines is 1. The van der Waals surface area contributed by atoms with Crippen molar-refractivity contribution in [2.45, 2.75) is 12.8 Å². The van der Waals surface area contributed by atoms with E-state index in [1.807, 2.05) is 12.1 Å². The first-order chi connectivity index (χ1) is 11.1. The number of para-hydroxylation sites is 1. The monoisotopic (exact) mass is 336 g/mol. The van der Waals surface area contributed by atoms with Gasteiger partial charge in [0.2, 0.25) is 0 Å². The quantitative estimate of drug-likeness (QED) is 0.733. The molecule has 2 aromatic rings. The lowest BCUT2D eigenvalue weighted by Gasteiger charge is -2.09. The lowest BCUT2D eigenvalue weighted by molar-refractivity contribution is 0.251. The number of hydrogen-bond acceptors (Lipinski definition) is 2. The van der Waals surface area contributed by atoms with Crippen molar-refractivity contribution in [3.8, 4) is 5.75 Å². The van der Waals surface area contributed by atoms with Gasteiger partial charge in [0, 0.05) is 11.6 Å². The van der Waals surface area contributed by atoms with Gasteiger partial charge < -0.3 is 15.4 Å². The normalized spacial score (nSPS) is 10.2. The summed E-state index contributed by atoms with van der Waals surface area (Å²) >= 11 is 5.79. The minimum Gasteiger partial charge on any atom is -0.494 e. The van der Waals surface area contributed by atoms with E-state index < -0.39 is 11.8 Å². The Balaban J connectivity index is 1.57. The van der Waals surface area contributed by atoms with Crippen LogP contribution in [0.15, 0.2) is 48.5 Å². The van der Waals surface area contributed by atoms with Gasteiger partial charge in [-0.2, -0.15) is 0 Å². The first-order valence-electron chi connectivity index (χ1n) is 7.33. The van der Waals surface area contributed by atoms with Gasteiger partial charge in [0.1, 0.15) is 11.6 Å². The number of rotatable bonds is 7. The Hall–Kier alpha value is -2.27. The molecule has 0 radical (unpaired) electrons. The zero-order valence-corrected chi connectivity index (χ0v) is 13.3. The summed E-state index contributed by atoms with van der Waals surface area (Å²) in [5.41, 5.74) is 0.163. The molecule has 0 aliphatic carbocycles. The number of unbranched alkanes of at least 4 members (excludes halogenated alkanes) is 1. The van der Waals surface area contributed by atoms with Crippen molar-refractivity contribution in [2.75, 3.05) is 18.5 Å². The van der Waals surface area contributed by atoms with E-state index in [0.717, 1.165) is 18.6 Å². The van der Waals surface area contributed by atoms with Gasteiger partial charge in [-0.25, -0.2) is 9.18 Å². The molecule has 0 atom stereocenters. The maximum absolute atomic E-state index is 13.4. The van der Waals surface area contributed by atoms with Crippen molar-refractivity contribution in [2.24, 2.45) is 0 Å². The highest BCUT2D eigenvalue weighted by molar-refractivity contribution is 6.30. The summed E-state index contributed by atoms with van der Waals surface area (Å²) in [6.45, 7) is 1.04. The first-order valence-corrected chi connectivity index (χ1v) is 7.71. The highest BCUT2D eigenvalue weighted by atomic mass is 35.5. The Bertz CT molecular complexity index is 635. The molecule has 0 aliphatic heterocycles. The molecule has 2 aromatic carbocycles. The molecule has 0 heterocycles. The van der Waals surface area contributed by atoms with E-state index in [-0.39, 0.29) is 5.69 Å². The Kier molecular flexibility index (Phi) is 6.69. The van der Waals surface area contributed by atoms with Crippen LogP contribution in [0.1, 0.15) is 12.8 Å². The topological polar surface area (TPSA) is 50.4 Å². The van der Waals surface area contributed by atoms with E-state index in [9.17, 15) is 9.18 Å². The van der Waals surface area contributed by atoms with Crippen LogP contribution < -0.4 is 15.4 Å². The molecule has 6 heteroatoms. The maximum Gasteiger partial charge on any atom is 0.319 e. The Labute approximate surface area is 139 Å². The standard InChI is InChI=1S/C17H18ClFN2O2/c18-13-7-9-14(10-8-13)23-12-4-3-11-20-17(22)21-16-6-2-1-5-15(16)19/h1-2,5-10H,3-4,11-12H2,(H2,20,21,22). The van der Waals surface area contributed by atoms with E-state index in [1.165, 1.54) is 12.1 Å². The largest absolute Gasteiger partial charge is 0.494 e. The van der Waals surface area contributed by atoms with Crippen LogP contribution in [0, 0.1) is 5.82 Å². The minimum absolute atomic E-state index is 0.163. The molecular weight excluding hydrogens is 319 g/mol. The van der Waals surface area contributed by atoms with Crippen LogP contribution in [0.25, 0.3) is 0 Å². The number of carbonyl (C=O) groups excluding carboxylic acids is 1. The van der Waals surface area contributed by atoms with Gasteiger partial charge in [-0.05, 0) is 49.2 Å². The number of amides is 2. The molecule has 23 heavy (non-hydrogen) atoms. The van der Waals surface area contributed by atoms with E-state index in [1.54, 1.807) is 24.3 Å². The fraction of sp³-hybridized carbons (Fsp3) is 0.235. The maximum atomic E-state index is 13.4. The van der Waals surface area contributed by atoms with Crippen LogP contribution in [-0.4, -0.2) is 19.2 Å². The molecule has 0 aliphatic rings. The van der Waals surface area contributed by atoms with E-state index in [4.69, 9.17) is 16.3 Å². The van der Waals surface area contributed by atoms with Crippen LogP contribution in [0.2, 0.25) is 5.02 Å². The second-order valence-electron chi connectivity index (χ2n) is 4.87. The van der Waals surface area contributed by atoms with Crippen molar-refractivity contribution in [3.63, 3.8) is 0 Å². The van der Waals surface area contributed by atoms with Crippen molar-refractivity contribution >= 4 is 23.3 Å². The second-order valence-corrected chi connectivity index (χ2v) is 5.31. The van der Waals surface area contributed by atoms with Crippen LogP contribution in [0.3, 0.4) is 0 Å². The molecule has 2 N–H and O–H groups in total. The van der Waals surface area contributed by atoms with E-state index >= 15 is 0 Å². The third kappa shape index (κ3) is 6.16. The average molecular weight is 337 g/mol. The zero-order valence-electron chi connectivity index (χ0n) is 12.5. The van der Waals surface area contributed by atoms with Crippen molar-refractivity contribution in [3.05, 3.63) is 59.4 Å². The number of urea groups is 1. The zero-order chi connectivity index (χ0) is 16.5. The predicted molar refractivity (Wildman–Crippen MR) is 89.6 cm³/mol. The lowest BCUT2D eigenvalue weighted by atomic mass is 10.3. The molecule has 122 valence electrons. The van der Waals surface area contributed by atoms with Gasteiger partial charge in [-0.3, -0.25) is 0 Å². The summed E-state index contributed by atoms with van der Waals surface area (Å²) in [7, 11) is 0. The van der Waals surface area contributed by atoms with Crippen molar-refractivity contribution in [1.82, 2.24) is 5.32 Å². The SMILES string of the molecule is O=C(NCCCCOc1ccc(Cl)cc1)Nc1ccccc1F. The molecule has 0 saturated heterocycles. The molecule has 0 fully saturated rings. The number of carbonyl (C=O) groups is 1. The number of hydrogen-bond donors (Lipinski definition) is 2. The molecule has 0 spiro atoms. The number of benzene rings is 2. The van der Waals surface area contributed by atoms with Crippen LogP contribution in [0.5, 0.6) is 5.75 Å². The van der Waals surface area contributed by atoms with Gasteiger partial charge in [0.15, 0.2) is 0 Å². The Morgan fingerprint density at radius 3 is 2.57 bits per heavy atom. The van der Waals surface area contributed by atoms with Crippen molar-refractivity contribution in [1.29, 1.82) is 0 Å². The first kappa shape index (κ1) is 17.1. The predicted octanol–water partition coefficient (Wildman–Crippen LogP) is 4.46. The summed E-state index contributed by atoms with van der Waals surface area (Å²) in [6.07, 6.45) is 1.56. The summed E-state index contributed by atoms with van der Waals surface area (Å²) in [5.74, 6) is 0.304. The summed E-state index contributed by atoms with van der Waals surface area (Å²) in [6, 6.07) is 12.8. The molecule has 2 amide bonds. The number of halogens is 2.